The number of nitrogens with one attached hydrogen (secondary N) is 1. The minimum absolute atomic E-state index is 0.0331. The van der Waals surface area contributed by atoms with Gasteiger partial charge in [-0.1, -0.05) is 29.4 Å². The van der Waals surface area contributed by atoms with E-state index in [1.165, 1.54) is 24.3 Å². The third-order valence-corrected chi connectivity index (χ3v) is 5.25. The van der Waals surface area contributed by atoms with Gasteiger partial charge in [-0.3, -0.25) is 4.79 Å². The fourth-order valence-electron chi connectivity index (χ4n) is 2.06. The van der Waals surface area contributed by atoms with E-state index in [1.807, 2.05) is 0 Å². The first-order valence-corrected chi connectivity index (χ1v) is 10.4. The van der Waals surface area contributed by atoms with Crippen molar-refractivity contribution in [2.45, 2.75) is 10.1 Å². The normalized spacial score (nSPS) is 11.3. The zero-order valence-corrected chi connectivity index (χ0v) is 16.0. The Morgan fingerprint density at radius 1 is 1.19 bits per heavy atom. The molecule has 0 saturated carbocycles. The number of nitrogens with two attached hydrogens (primary N) is 1. The van der Waals surface area contributed by atoms with Crippen LogP contribution in [0, 0.1) is 0 Å². The molecule has 3 N–H and O–H groups in total. The van der Waals surface area contributed by atoms with Crippen molar-refractivity contribution < 1.29 is 17.6 Å². The van der Waals surface area contributed by atoms with Crippen LogP contribution in [0.25, 0.3) is 11.5 Å². The molecular weight excluding hydrogens is 412 g/mol. The van der Waals surface area contributed by atoms with Crippen LogP contribution in [0.15, 0.2) is 63.1 Å². The number of hydrogen-bond acceptors (Lipinski definition) is 7. The number of anilines is 1. The molecule has 1 heterocycles. The van der Waals surface area contributed by atoms with Crippen molar-refractivity contribution in [3.05, 3.63) is 53.6 Å². The Bertz CT molecular complexity index is 1070. The molecule has 2 aromatic carbocycles. The van der Waals surface area contributed by atoms with Gasteiger partial charge in [-0.2, -0.15) is 0 Å². The highest BCUT2D eigenvalue weighted by atomic mass is 35.5. The second kappa shape index (κ2) is 8.09. The van der Waals surface area contributed by atoms with Crippen molar-refractivity contribution in [3.8, 4) is 11.5 Å². The van der Waals surface area contributed by atoms with Gasteiger partial charge in [-0.15, -0.1) is 10.2 Å². The number of aromatic nitrogens is 2. The largest absolute Gasteiger partial charge is 0.411 e. The third kappa shape index (κ3) is 5.30. The molecule has 0 fully saturated rings. The zero-order chi connectivity index (χ0) is 19.4. The van der Waals surface area contributed by atoms with E-state index in [0.29, 0.717) is 22.2 Å². The number of thioether (sulfide) groups is 1. The van der Waals surface area contributed by atoms with Crippen molar-refractivity contribution >= 4 is 45.0 Å². The van der Waals surface area contributed by atoms with E-state index in [2.05, 4.69) is 15.5 Å². The smallest absolute Gasteiger partial charge is 0.277 e. The van der Waals surface area contributed by atoms with Crippen molar-refractivity contribution in [3.63, 3.8) is 0 Å². The van der Waals surface area contributed by atoms with Crippen molar-refractivity contribution in [2.75, 3.05) is 11.1 Å². The summed E-state index contributed by atoms with van der Waals surface area (Å²) in [4.78, 5) is 12.0. The number of carbonyl (C=O) groups is 1. The number of amides is 1. The van der Waals surface area contributed by atoms with Crippen molar-refractivity contribution in [1.29, 1.82) is 0 Å². The first-order valence-electron chi connectivity index (χ1n) is 7.46. The molecule has 27 heavy (non-hydrogen) atoms. The fourth-order valence-corrected chi connectivity index (χ4v) is 3.33. The van der Waals surface area contributed by atoms with Gasteiger partial charge >= 0.3 is 0 Å². The average molecular weight is 425 g/mol. The topological polar surface area (TPSA) is 128 Å². The van der Waals surface area contributed by atoms with Gasteiger partial charge in [0.2, 0.25) is 21.8 Å². The summed E-state index contributed by atoms with van der Waals surface area (Å²) in [5, 5.41) is 16.3. The van der Waals surface area contributed by atoms with Gasteiger partial charge in [0.1, 0.15) is 0 Å². The van der Waals surface area contributed by atoms with E-state index in [1.54, 1.807) is 24.3 Å². The summed E-state index contributed by atoms with van der Waals surface area (Å²) in [5.41, 5.74) is 1.12. The number of nitrogens with zero attached hydrogens (tertiary/aromatic N) is 2. The van der Waals surface area contributed by atoms with Crippen molar-refractivity contribution in [1.82, 2.24) is 10.2 Å². The third-order valence-electron chi connectivity index (χ3n) is 3.27. The molecule has 3 aromatic rings. The predicted molar refractivity (Wildman–Crippen MR) is 102 cm³/mol. The Morgan fingerprint density at radius 2 is 1.93 bits per heavy atom. The summed E-state index contributed by atoms with van der Waals surface area (Å²) < 4.78 is 27.9. The second-order valence-corrected chi connectivity index (χ2v) is 8.21. The number of halogens is 1. The molecule has 0 aliphatic carbocycles. The zero-order valence-electron chi connectivity index (χ0n) is 13.6. The highest BCUT2D eigenvalue weighted by Crippen LogP contribution is 2.25. The standard InChI is InChI=1S/C16H13ClN4O4S2/c17-11-3-1-2-10(8-11)15-20-21-16(25-15)26-9-14(22)19-12-4-6-13(7-5-12)27(18,23)24/h1-8H,9H2,(H,19,22)(H2,18,23,24). The lowest BCUT2D eigenvalue weighted by Crippen LogP contribution is -2.15. The average Bonchev–Trinajstić information content (AvgIpc) is 3.09. The molecule has 0 bridgehead atoms. The quantitative estimate of drug-likeness (QED) is 0.582. The lowest BCUT2D eigenvalue weighted by Gasteiger charge is -2.05. The van der Waals surface area contributed by atoms with Gasteiger partial charge in [0, 0.05) is 16.3 Å². The SMILES string of the molecule is NS(=O)(=O)c1ccc(NC(=O)CSc2nnc(-c3cccc(Cl)c3)o2)cc1. The molecule has 0 aliphatic rings. The first kappa shape index (κ1) is 19.4. The van der Waals surface area contributed by atoms with Gasteiger partial charge in [0.25, 0.3) is 5.22 Å². The maximum Gasteiger partial charge on any atom is 0.277 e. The van der Waals surface area contributed by atoms with Gasteiger partial charge in [-0.25, -0.2) is 13.6 Å². The monoisotopic (exact) mass is 424 g/mol. The highest BCUT2D eigenvalue weighted by Gasteiger charge is 2.12. The Balaban J connectivity index is 1.57. The van der Waals surface area contributed by atoms with E-state index in [4.69, 9.17) is 21.2 Å². The number of hydrogen-bond donors (Lipinski definition) is 2. The molecule has 1 aromatic heterocycles. The van der Waals surface area contributed by atoms with E-state index in [-0.39, 0.29) is 21.8 Å². The van der Waals surface area contributed by atoms with Crippen LogP contribution in [0.2, 0.25) is 5.02 Å². The Labute approximate surface area is 164 Å². The molecule has 3 rings (SSSR count). The van der Waals surface area contributed by atoms with Crippen LogP contribution < -0.4 is 10.5 Å². The summed E-state index contributed by atoms with van der Waals surface area (Å²) in [6.45, 7) is 0. The number of carbonyl (C=O) groups excluding carboxylic acids is 1. The van der Waals surface area contributed by atoms with E-state index >= 15 is 0 Å². The number of sulfonamides is 1. The predicted octanol–water partition coefficient (Wildman–Crippen LogP) is 2.77. The van der Waals surface area contributed by atoms with Crippen LogP contribution in [0.1, 0.15) is 0 Å². The van der Waals surface area contributed by atoms with Gasteiger partial charge < -0.3 is 9.73 Å². The van der Waals surface area contributed by atoms with Crippen LogP contribution in [-0.2, 0) is 14.8 Å². The molecule has 140 valence electrons. The maximum atomic E-state index is 12.0. The Morgan fingerprint density at radius 3 is 2.59 bits per heavy atom. The minimum Gasteiger partial charge on any atom is -0.411 e. The van der Waals surface area contributed by atoms with Crippen LogP contribution in [0.5, 0.6) is 0 Å². The lowest BCUT2D eigenvalue weighted by atomic mass is 10.2. The summed E-state index contributed by atoms with van der Waals surface area (Å²) in [5.74, 6) is 0.0264. The molecule has 1 amide bonds. The van der Waals surface area contributed by atoms with Crippen LogP contribution in [0.3, 0.4) is 0 Å². The van der Waals surface area contributed by atoms with Gasteiger partial charge in [-0.05, 0) is 42.5 Å². The second-order valence-electron chi connectivity index (χ2n) is 5.29. The van der Waals surface area contributed by atoms with Gasteiger partial charge in [0.05, 0.1) is 10.6 Å². The molecule has 0 saturated heterocycles. The summed E-state index contributed by atoms with van der Waals surface area (Å²) in [6.07, 6.45) is 0. The Kier molecular flexibility index (Phi) is 5.80. The van der Waals surface area contributed by atoms with Crippen LogP contribution in [0.4, 0.5) is 5.69 Å². The molecule has 11 heteroatoms. The van der Waals surface area contributed by atoms with E-state index < -0.39 is 10.0 Å². The first-order chi connectivity index (χ1) is 12.8. The fraction of sp³-hybridized carbons (Fsp3) is 0.0625. The maximum absolute atomic E-state index is 12.0. The van der Waals surface area contributed by atoms with Crippen LogP contribution in [-0.4, -0.2) is 30.3 Å². The Hall–Kier alpha value is -2.40. The molecule has 0 atom stereocenters. The molecule has 0 unspecified atom stereocenters. The van der Waals surface area contributed by atoms with Crippen molar-refractivity contribution in [2.24, 2.45) is 5.14 Å². The number of benzene rings is 2. The van der Waals surface area contributed by atoms with E-state index in [0.717, 1.165) is 11.8 Å². The van der Waals surface area contributed by atoms with E-state index in [9.17, 15) is 13.2 Å². The summed E-state index contributed by atoms with van der Waals surface area (Å²) in [6, 6.07) is 12.5. The highest BCUT2D eigenvalue weighted by molar-refractivity contribution is 7.99. The van der Waals surface area contributed by atoms with Crippen LogP contribution >= 0.6 is 23.4 Å². The van der Waals surface area contributed by atoms with Gasteiger partial charge in [0.15, 0.2) is 0 Å². The summed E-state index contributed by atoms with van der Waals surface area (Å²) >= 11 is 7.00. The lowest BCUT2D eigenvalue weighted by molar-refractivity contribution is -0.113. The molecule has 0 aliphatic heterocycles. The number of rotatable bonds is 6. The molecule has 8 nitrogen and oxygen atoms in total. The minimum atomic E-state index is -3.77. The molecule has 0 spiro atoms. The molecule has 0 radical (unpaired) electrons. The number of primary sulfonamides is 1. The summed E-state index contributed by atoms with van der Waals surface area (Å²) in [7, 11) is -3.77. The molecular formula is C16H13ClN4O4S2.